The summed E-state index contributed by atoms with van der Waals surface area (Å²) in [6.07, 6.45) is 5.42. The Morgan fingerprint density at radius 2 is 2.14 bits per heavy atom. The highest BCUT2D eigenvalue weighted by molar-refractivity contribution is 6.02. The number of nitrogens with one attached hydrogen (secondary N) is 3. The Morgan fingerprint density at radius 1 is 1.31 bits per heavy atom. The maximum Gasteiger partial charge on any atom is 0.271 e. The van der Waals surface area contributed by atoms with Crippen LogP contribution in [-0.2, 0) is 14.4 Å². The number of amides is 3. The number of carbonyl (C=O) groups is 4. The van der Waals surface area contributed by atoms with Crippen LogP contribution in [-0.4, -0.2) is 77.4 Å². The molecule has 10 heteroatoms. The van der Waals surface area contributed by atoms with Crippen LogP contribution in [0.2, 0.25) is 0 Å². The van der Waals surface area contributed by atoms with Crippen LogP contribution in [0.25, 0.3) is 10.9 Å². The lowest BCUT2D eigenvalue weighted by Crippen LogP contribution is -2.53. The SMILES string of the molecule is COc1cccc2[nH]c(C(=O)N3CC4CC=CC4C3C(=O)NC(CC3CCNC3=O)C(=O)CO)cc12. The summed E-state index contributed by atoms with van der Waals surface area (Å²) in [6.45, 7) is 0.187. The van der Waals surface area contributed by atoms with Crippen molar-refractivity contribution in [3.05, 3.63) is 42.1 Å². The van der Waals surface area contributed by atoms with Crippen molar-refractivity contribution < 1.29 is 29.0 Å². The van der Waals surface area contributed by atoms with Crippen molar-refractivity contribution in [2.24, 2.45) is 17.8 Å². The first-order valence-electron chi connectivity index (χ1n) is 12.3. The zero-order chi connectivity index (χ0) is 25.4. The van der Waals surface area contributed by atoms with E-state index < -0.39 is 36.3 Å². The highest BCUT2D eigenvalue weighted by Gasteiger charge is 2.48. The van der Waals surface area contributed by atoms with E-state index in [1.165, 1.54) is 0 Å². The predicted molar refractivity (Wildman–Crippen MR) is 130 cm³/mol. The summed E-state index contributed by atoms with van der Waals surface area (Å²) in [4.78, 5) is 56.5. The molecule has 0 saturated carbocycles. The first kappa shape index (κ1) is 24.1. The largest absolute Gasteiger partial charge is 0.496 e. The number of aromatic amines is 1. The normalized spacial score (nSPS) is 25.6. The lowest BCUT2D eigenvalue weighted by Gasteiger charge is -2.28. The van der Waals surface area contributed by atoms with Crippen LogP contribution in [0.3, 0.4) is 0 Å². The highest BCUT2D eigenvalue weighted by Crippen LogP contribution is 2.39. The molecule has 5 atom stereocenters. The molecule has 0 bridgehead atoms. The lowest BCUT2D eigenvalue weighted by atomic mass is 9.92. The van der Waals surface area contributed by atoms with Gasteiger partial charge in [0.25, 0.3) is 5.91 Å². The number of Topliss-reactive ketones (excluding diaryl/α,β-unsaturated/α-hetero) is 1. The average Bonchev–Trinajstić information content (AvgIpc) is 3.66. The van der Waals surface area contributed by atoms with Gasteiger partial charge < -0.3 is 30.4 Å². The quantitative estimate of drug-likeness (QED) is 0.400. The molecule has 1 aromatic carbocycles. The highest BCUT2D eigenvalue weighted by atomic mass is 16.5. The number of likely N-dealkylation sites (tertiary alicyclic amines) is 1. The first-order chi connectivity index (χ1) is 17.4. The number of ether oxygens (including phenoxy) is 1. The van der Waals surface area contributed by atoms with E-state index in [0.29, 0.717) is 31.0 Å². The molecule has 4 N–H and O–H groups in total. The van der Waals surface area contributed by atoms with Crippen molar-refractivity contribution >= 4 is 34.4 Å². The number of fused-ring (bicyclic) bond motifs is 2. The second kappa shape index (κ2) is 9.77. The standard InChI is InChI=1S/C26H30N4O6/c1-36-22-7-3-6-18-17(22)11-20(28-18)26(35)30-12-15-4-2-5-16(15)23(30)25(34)29-19(21(32)13-31)10-14-8-9-27-24(14)33/h2-3,5-7,11,14-16,19,23,28,31H,4,8-10,12-13H2,1H3,(H,27,33)(H,29,34). The number of rotatable bonds is 8. The Balaban J connectivity index is 1.40. The van der Waals surface area contributed by atoms with E-state index >= 15 is 0 Å². The van der Waals surface area contributed by atoms with Gasteiger partial charge in [-0.2, -0.15) is 0 Å². The van der Waals surface area contributed by atoms with Crippen molar-refractivity contribution in [2.45, 2.75) is 31.3 Å². The van der Waals surface area contributed by atoms with Gasteiger partial charge in [-0.1, -0.05) is 18.2 Å². The molecule has 2 aromatic rings. The molecule has 10 nitrogen and oxygen atoms in total. The topological polar surface area (TPSA) is 141 Å². The fourth-order valence-corrected chi connectivity index (χ4v) is 5.75. The van der Waals surface area contributed by atoms with Crippen LogP contribution in [0.5, 0.6) is 5.75 Å². The van der Waals surface area contributed by atoms with Gasteiger partial charge in [0, 0.05) is 35.8 Å². The van der Waals surface area contributed by atoms with E-state index in [1.807, 2.05) is 30.4 Å². The molecule has 3 aliphatic rings. The van der Waals surface area contributed by atoms with E-state index in [9.17, 15) is 24.3 Å². The lowest BCUT2D eigenvalue weighted by molar-refractivity contribution is -0.132. The molecular formula is C26H30N4O6. The Morgan fingerprint density at radius 3 is 2.86 bits per heavy atom. The van der Waals surface area contributed by atoms with Gasteiger partial charge in [-0.05, 0) is 43.4 Å². The van der Waals surface area contributed by atoms with Gasteiger partial charge in [0.15, 0.2) is 5.78 Å². The van der Waals surface area contributed by atoms with Crippen LogP contribution in [0.15, 0.2) is 36.4 Å². The number of ketones is 1. The zero-order valence-electron chi connectivity index (χ0n) is 20.0. The number of hydrogen-bond donors (Lipinski definition) is 4. The maximum atomic E-state index is 13.6. The van der Waals surface area contributed by atoms with Gasteiger partial charge in [-0.3, -0.25) is 19.2 Å². The summed E-state index contributed by atoms with van der Waals surface area (Å²) in [5, 5.41) is 15.7. The summed E-state index contributed by atoms with van der Waals surface area (Å²) in [5.74, 6) is -1.32. The molecule has 5 rings (SSSR count). The monoisotopic (exact) mass is 494 g/mol. The molecule has 3 heterocycles. The van der Waals surface area contributed by atoms with Gasteiger partial charge in [-0.15, -0.1) is 0 Å². The molecule has 0 radical (unpaired) electrons. The second-order valence-corrected chi connectivity index (χ2v) is 9.71. The Bertz CT molecular complexity index is 1240. The van der Waals surface area contributed by atoms with E-state index in [-0.39, 0.29) is 30.1 Å². The Hall–Kier alpha value is -3.66. The maximum absolute atomic E-state index is 13.6. The number of hydrogen-bond acceptors (Lipinski definition) is 6. The zero-order valence-corrected chi connectivity index (χ0v) is 20.0. The van der Waals surface area contributed by atoms with Gasteiger partial charge in [-0.25, -0.2) is 0 Å². The minimum absolute atomic E-state index is 0.108. The molecule has 190 valence electrons. The number of aliphatic hydroxyl groups excluding tert-OH is 1. The number of nitrogens with zero attached hydrogens (tertiary/aromatic N) is 1. The molecule has 3 amide bonds. The number of benzene rings is 1. The molecule has 2 saturated heterocycles. The molecular weight excluding hydrogens is 464 g/mol. The summed E-state index contributed by atoms with van der Waals surface area (Å²) in [7, 11) is 1.57. The fraction of sp³-hybridized carbons (Fsp3) is 0.462. The van der Waals surface area contributed by atoms with Gasteiger partial charge in [0.05, 0.1) is 13.2 Å². The van der Waals surface area contributed by atoms with Crippen molar-refractivity contribution in [1.82, 2.24) is 20.5 Å². The van der Waals surface area contributed by atoms with Crippen LogP contribution in [0.1, 0.15) is 29.8 Å². The molecule has 2 aliphatic heterocycles. The Labute approximate surface area is 208 Å². The van der Waals surface area contributed by atoms with Crippen LogP contribution in [0, 0.1) is 17.8 Å². The third-order valence-corrected chi connectivity index (χ3v) is 7.62. The number of methoxy groups -OCH3 is 1. The van der Waals surface area contributed by atoms with E-state index in [0.717, 1.165) is 17.3 Å². The number of aliphatic hydroxyl groups is 1. The third-order valence-electron chi connectivity index (χ3n) is 7.62. The average molecular weight is 495 g/mol. The number of aromatic nitrogens is 1. The summed E-state index contributed by atoms with van der Waals surface area (Å²) in [5.41, 5.74) is 1.10. The molecule has 1 aliphatic carbocycles. The van der Waals surface area contributed by atoms with Crippen LogP contribution in [0.4, 0.5) is 0 Å². The van der Waals surface area contributed by atoms with Crippen molar-refractivity contribution in [2.75, 3.05) is 26.8 Å². The van der Waals surface area contributed by atoms with Crippen molar-refractivity contribution in [3.63, 3.8) is 0 Å². The van der Waals surface area contributed by atoms with Crippen molar-refractivity contribution in [1.29, 1.82) is 0 Å². The molecule has 0 spiro atoms. The second-order valence-electron chi connectivity index (χ2n) is 9.71. The summed E-state index contributed by atoms with van der Waals surface area (Å²) >= 11 is 0. The molecule has 36 heavy (non-hydrogen) atoms. The minimum Gasteiger partial charge on any atom is -0.496 e. The van der Waals surface area contributed by atoms with E-state index in [1.54, 1.807) is 18.1 Å². The van der Waals surface area contributed by atoms with Crippen LogP contribution >= 0.6 is 0 Å². The van der Waals surface area contributed by atoms with Gasteiger partial charge >= 0.3 is 0 Å². The van der Waals surface area contributed by atoms with Gasteiger partial charge in [0.1, 0.15) is 24.1 Å². The van der Waals surface area contributed by atoms with Gasteiger partial charge in [0.2, 0.25) is 11.8 Å². The summed E-state index contributed by atoms with van der Waals surface area (Å²) in [6, 6.07) is 5.41. The molecule has 5 unspecified atom stereocenters. The Kier molecular flexibility index (Phi) is 6.53. The third kappa shape index (κ3) is 4.26. The van der Waals surface area contributed by atoms with Crippen molar-refractivity contribution in [3.8, 4) is 5.75 Å². The number of H-pyrrole nitrogens is 1. The molecule has 1 aromatic heterocycles. The minimum atomic E-state index is -1.00. The first-order valence-corrected chi connectivity index (χ1v) is 12.3. The number of allylic oxidation sites excluding steroid dienone is 1. The summed E-state index contributed by atoms with van der Waals surface area (Å²) < 4.78 is 5.41. The predicted octanol–water partition coefficient (Wildman–Crippen LogP) is 0.766. The molecule has 2 fully saturated rings. The van der Waals surface area contributed by atoms with E-state index in [4.69, 9.17) is 4.74 Å². The van der Waals surface area contributed by atoms with E-state index in [2.05, 4.69) is 15.6 Å². The smallest absolute Gasteiger partial charge is 0.271 e. The fourth-order valence-electron chi connectivity index (χ4n) is 5.75. The number of carbonyl (C=O) groups excluding carboxylic acids is 4. The van der Waals surface area contributed by atoms with Crippen LogP contribution < -0.4 is 15.4 Å².